The molecular weight excluding hydrogens is 254 g/mol. The Morgan fingerprint density at radius 1 is 1.20 bits per heavy atom. The number of nitrogens with one attached hydrogen (secondary N) is 1. The Morgan fingerprint density at radius 2 is 2.05 bits per heavy atom. The van der Waals surface area contributed by atoms with Crippen molar-refractivity contribution in [2.45, 2.75) is 13.0 Å². The normalized spacial score (nSPS) is 12.3. The highest BCUT2D eigenvalue weighted by Crippen LogP contribution is 2.23. The highest BCUT2D eigenvalue weighted by atomic mass is 15.5. The Labute approximate surface area is 116 Å². The fourth-order valence-electron chi connectivity index (χ4n) is 2.18. The van der Waals surface area contributed by atoms with Crippen LogP contribution in [0.4, 0.5) is 5.69 Å². The van der Waals surface area contributed by atoms with E-state index < -0.39 is 0 Å². The molecule has 1 unspecified atom stereocenters. The Balaban J connectivity index is 1.90. The van der Waals surface area contributed by atoms with Crippen LogP contribution < -0.4 is 5.32 Å². The van der Waals surface area contributed by atoms with Crippen molar-refractivity contribution in [1.29, 1.82) is 0 Å². The molecule has 2 aromatic heterocycles. The summed E-state index contributed by atoms with van der Waals surface area (Å²) in [4.78, 5) is 0. The summed E-state index contributed by atoms with van der Waals surface area (Å²) in [6, 6.07) is 10.0. The maximum Gasteiger partial charge on any atom is 0.143 e. The van der Waals surface area contributed by atoms with E-state index in [1.807, 2.05) is 42.1 Å². The van der Waals surface area contributed by atoms with E-state index in [0.29, 0.717) is 0 Å². The van der Waals surface area contributed by atoms with Gasteiger partial charge in [-0.25, -0.2) is 0 Å². The summed E-state index contributed by atoms with van der Waals surface area (Å²) in [5.41, 5.74) is 2.98. The molecule has 20 heavy (non-hydrogen) atoms. The topological polar surface area (TPSA) is 73.5 Å². The summed E-state index contributed by atoms with van der Waals surface area (Å²) in [6.07, 6.45) is 3.37. The smallest absolute Gasteiger partial charge is 0.143 e. The van der Waals surface area contributed by atoms with Crippen LogP contribution in [-0.2, 0) is 7.05 Å². The van der Waals surface area contributed by atoms with Gasteiger partial charge in [0.25, 0.3) is 0 Å². The first-order valence-electron chi connectivity index (χ1n) is 6.32. The van der Waals surface area contributed by atoms with Crippen molar-refractivity contribution in [2.24, 2.45) is 7.05 Å². The number of rotatable bonds is 4. The van der Waals surface area contributed by atoms with Gasteiger partial charge in [-0.1, -0.05) is 12.1 Å². The molecule has 0 aliphatic carbocycles. The van der Waals surface area contributed by atoms with Crippen molar-refractivity contribution < 1.29 is 0 Å². The minimum Gasteiger partial charge on any atom is -0.375 e. The number of aryl methyl sites for hydroxylation is 1. The van der Waals surface area contributed by atoms with Gasteiger partial charge in [-0.2, -0.15) is 9.78 Å². The minimum absolute atomic E-state index is 0.125. The predicted octanol–water partition coefficient (Wildman–Crippen LogP) is 1.57. The number of hydrogen-bond donors (Lipinski definition) is 1. The monoisotopic (exact) mass is 269 g/mol. The zero-order valence-corrected chi connectivity index (χ0v) is 11.3. The van der Waals surface area contributed by atoms with Gasteiger partial charge in [0, 0.05) is 13.2 Å². The van der Waals surface area contributed by atoms with Gasteiger partial charge in [-0.05, 0) is 35.5 Å². The third-order valence-electron chi connectivity index (χ3n) is 3.17. The Bertz CT molecular complexity index is 686. The van der Waals surface area contributed by atoms with Crippen molar-refractivity contribution in [3.63, 3.8) is 0 Å². The molecule has 0 spiro atoms. The molecule has 1 atom stereocenters. The lowest BCUT2D eigenvalue weighted by atomic mass is 10.2. The molecule has 7 heteroatoms. The average Bonchev–Trinajstić information content (AvgIpc) is 3.10. The second kappa shape index (κ2) is 5.12. The van der Waals surface area contributed by atoms with E-state index in [9.17, 15) is 0 Å². The Morgan fingerprint density at radius 3 is 2.75 bits per heavy atom. The van der Waals surface area contributed by atoms with Crippen molar-refractivity contribution in [3.8, 4) is 5.69 Å². The molecule has 0 aliphatic heterocycles. The van der Waals surface area contributed by atoms with Crippen molar-refractivity contribution in [2.75, 3.05) is 5.32 Å². The lowest BCUT2D eigenvalue weighted by Gasteiger charge is -2.17. The van der Waals surface area contributed by atoms with Crippen LogP contribution in [0.3, 0.4) is 0 Å². The molecule has 7 nitrogen and oxygen atoms in total. The summed E-state index contributed by atoms with van der Waals surface area (Å²) in [5.74, 6) is 0. The summed E-state index contributed by atoms with van der Waals surface area (Å²) in [6.45, 7) is 2.09. The van der Waals surface area contributed by atoms with Gasteiger partial charge in [0.05, 0.1) is 23.1 Å². The molecule has 1 aromatic carbocycles. The highest BCUT2D eigenvalue weighted by Gasteiger charge is 2.12. The van der Waals surface area contributed by atoms with Crippen LogP contribution in [0.5, 0.6) is 0 Å². The quantitative estimate of drug-likeness (QED) is 0.778. The van der Waals surface area contributed by atoms with Crippen molar-refractivity contribution in [3.05, 3.63) is 48.5 Å². The molecule has 0 aliphatic rings. The van der Waals surface area contributed by atoms with Crippen LogP contribution >= 0.6 is 0 Å². The van der Waals surface area contributed by atoms with E-state index in [1.54, 1.807) is 17.2 Å². The van der Waals surface area contributed by atoms with Crippen LogP contribution in [0.2, 0.25) is 0 Å². The van der Waals surface area contributed by atoms with E-state index in [1.165, 1.54) is 0 Å². The molecule has 1 N–H and O–H groups in total. The molecule has 0 saturated carbocycles. The summed E-state index contributed by atoms with van der Waals surface area (Å²) < 4.78 is 3.50. The number of anilines is 1. The molecule has 3 rings (SSSR count). The van der Waals surface area contributed by atoms with Gasteiger partial charge in [0.15, 0.2) is 0 Å². The van der Waals surface area contributed by atoms with Gasteiger partial charge >= 0.3 is 0 Å². The Kier molecular flexibility index (Phi) is 3.16. The zero-order chi connectivity index (χ0) is 13.9. The third-order valence-corrected chi connectivity index (χ3v) is 3.17. The first-order chi connectivity index (χ1) is 9.75. The van der Waals surface area contributed by atoms with Gasteiger partial charge < -0.3 is 5.32 Å². The fourth-order valence-corrected chi connectivity index (χ4v) is 2.18. The van der Waals surface area contributed by atoms with Crippen LogP contribution in [-0.4, -0.2) is 30.0 Å². The van der Waals surface area contributed by atoms with Gasteiger partial charge in [-0.3, -0.25) is 4.68 Å². The Hall–Kier alpha value is -2.70. The predicted molar refractivity (Wildman–Crippen MR) is 74.4 cm³/mol. The second-order valence-corrected chi connectivity index (χ2v) is 4.52. The van der Waals surface area contributed by atoms with E-state index in [4.69, 9.17) is 0 Å². The molecule has 0 radical (unpaired) electrons. The van der Waals surface area contributed by atoms with E-state index in [-0.39, 0.29) is 6.04 Å². The van der Waals surface area contributed by atoms with Crippen molar-refractivity contribution >= 4 is 5.69 Å². The van der Waals surface area contributed by atoms with Crippen LogP contribution in [0.15, 0.2) is 42.9 Å². The largest absolute Gasteiger partial charge is 0.375 e. The van der Waals surface area contributed by atoms with E-state index in [0.717, 1.165) is 17.1 Å². The zero-order valence-electron chi connectivity index (χ0n) is 11.3. The van der Waals surface area contributed by atoms with Crippen LogP contribution in [0.1, 0.15) is 18.7 Å². The van der Waals surface area contributed by atoms with Crippen molar-refractivity contribution in [1.82, 2.24) is 30.0 Å². The average molecular weight is 269 g/mol. The van der Waals surface area contributed by atoms with Crippen LogP contribution in [0.25, 0.3) is 5.69 Å². The van der Waals surface area contributed by atoms with E-state index >= 15 is 0 Å². The lowest BCUT2D eigenvalue weighted by molar-refractivity contribution is 0.675. The maximum absolute atomic E-state index is 4.19. The standard InChI is InChI=1S/C13H15N7/c1-10(12-7-8-15-19(12)2)16-11-5-3-4-6-13(11)20-9-14-17-18-20/h3-10,16H,1-2H3. The minimum atomic E-state index is 0.125. The second-order valence-electron chi connectivity index (χ2n) is 4.52. The molecule has 3 aromatic rings. The molecule has 0 bridgehead atoms. The van der Waals surface area contributed by atoms with E-state index in [2.05, 4.69) is 32.9 Å². The number of hydrogen-bond acceptors (Lipinski definition) is 5. The first kappa shape index (κ1) is 12.3. The molecule has 102 valence electrons. The number of benzene rings is 1. The highest BCUT2D eigenvalue weighted by molar-refractivity contribution is 5.61. The third kappa shape index (κ3) is 2.25. The molecule has 0 fully saturated rings. The molecule has 0 saturated heterocycles. The van der Waals surface area contributed by atoms with Crippen LogP contribution in [0, 0.1) is 0 Å². The number of nitrogens with zero attached hydrogens (tertiary/aromatic N) is 6. The fraction of sp³-hybridized carbons (Fsp3) is 0.231. The first-order valence-corrected chi connectivity index (χ1v) is 6.32. The maximum atomic E-state index is 4.19. The molecule has 0 amide bonds. The number of para-hydroxylation sites is 2. The van der Waals surface area contributed by atoms with Gasteiger partial charge in [-0.15, -0.1) is 5.10 Å². The summed E-state index contributed by atoms with van der Waals surface area (Å²) in [7, 11) is 1.93. The molecular formula is C13H15N7. The summed E-state index contributed by atoms with van der Waals surface area (Å²) in [5, 5.41) is 18.9. The van der Waals surface area contributed by atoms with Gasteiger partial charge in [0.2, 0.25) is 0 Å². The van der Waals surface area contributed by atoms with Gasteiger partial charge in [0.1, 0.15) is 6.33 Å². The SMILES string of the molecule is CC(Nc1ccccc1-n1cnnn1)c1ccnn1C. The number of tetrazole rings is 1. The summed E-state index contributed by atoms with van der Waals surface area (Å²) >= 11 is 0. The molecule has 2 heterocycles. The number of aromatic nitrogens is 6. The lowest BCUT2D eigenvalue weighted by Crippen LogP contribution is -2.13.